The van der Waals surface area contributed by atoms with Gasteiger partial charge in [-0.3, -0.25) is 0 Å². The molecular weight excluding hydrogens is 659 g/mol. The second-order valence-electron chi connectivity index (χ2n) is 14.4. The van der Waals surface area contributed by atoms with Crippen molar-refractivity contribution >= 4 is 40.0 Å². The van der Waals surface area contributed by atoms with E-state index in [1.807, 2.05) is 6.07 Å². The summed E-state index contributed by atoms with van der Waals surface area (Å²) < 4.78 is 0. The van der Waals surface area contributed by atoms with E-state index < -0.39 is 8.07 Å². The maximum absolute atomic E-state index is 5.17. The van der Waals surface area contributed by atoms with Crippen molar-refractivity contribution in [2.24, 2.45) is 0 Å². The Balaban J connectivity index is 1.10. The molecule has 0 saturated carbocycles. The van der Waals surface area contributed by atoms with E-state index in [1.54, 1.807) is 0 Å². The number of fused-ring (bicyclic) bond motifs is 6. The molecule has 0 radical (unpaired) electrons. The minimum absolute atomic E-state index is 0.656. The molecule has 0 atom stereocenters. The highest BCUT2D eigenvalue weighted by molar-refractivity contribution is 7.05. The van der Waals surface area contributed by atoms with Gasteiger partial charge in [-0.05, 0) is 71.4 Å². The minimum Gasteiger partial charge on any atom is -0.208 e. The topological polar surface area (TPSA) is 38.7 Å². The summed E-state index contributed by atoms with van der Waals surface area (Å²) in [6.45, 7) is 4.95. The molecule has 0 spiro atoms. The molecule has 4 heteroatoms. The number of rotatable bonds is 5. The minimum atomic E-state index is -1.93. The summed E-state index contributed by atoms with van der Waals surface area (Å²) in [5.74, 6) is 1.99. The number of hydrogen-bond acceptors (Lipinski definition) is 3. The summed E-state index contributed by atoms with van der Waals surface area (Å²) >= 11 is 0. The maximum atomic E-state index is 5.17. The standard InChI is InChI=1S/C49H35N3Si/c1-53(2)45-30-28-39(31-44(45)43-29-27-35-14-7-9-17-42(35)46(43)53)49-51-47(37-23-19-33(20-24-37)32-11-4-3-5-12-32)50-48(52-49)38-25-21-36(22-26-38)41-18-10-15-34-13-6-8-16-40(34)41/h3-31H,1-2H3. The van der Waals surface area contributed by atoms with Crippen LogP contribution in [0.1, 0.15) is 0 Å². The molecule has 0 unspecified atom stereocenters. The third-order valence-electron chi connectivity index (χ3n) is 10.9. The van der Waals surface area contributed by atoms with Gasteiger partial charge >= 0.3 is 0 Å². The Morgan fingerprint density at radius 1 is 0.340 bits per heavy atom. The molecule has 9 aromatic rings. The maximum Gasteiger partial charge on any atom is 0.164 e. The Morgan fingerprint density at radius 2 is 0.849 bits per heavy atom. The molecule has 3 nitrogen and oxygen atoms in total. The molecule has 1 aliphatic heterocycles. The average Bonchev–Trinajstić information content (AvgIpc) is 3.46. The van der Waals surface area contributed by atoms with Gasteiger partial charge in [0.2, 0.25) is 0 Å². The van der Waals surface area contributed by atoms with Gasteiger partial charge in [-0.25, -0.2) is 15.0 Å². The summed E-state index contributed by atoms with van der Waals surface area (Å²) in [5.41, 5.74) is 10.2. The van der Waals surface area contributed by atoms with Gasteiger partial charge in [0, 0.05) is 16.7 Å². The molecule has 0 fully saturated rings. The largest absolute Gasteiger partial charge is 0.208 e. The Morgan fingerprint density at radius 3 is 1.55 bits per heavy atom. The highest BCUT2D eigenvalue weighted by Crippen LogP contribution is 2.36. The van der Waals surface area contributed by atoms with Gasteiger partial charge in [0.1, 0.15) is 8.07 Å². The summed E-state index contributed by atoms with van der Waals surface area (Å²) in [6.07, 6.45) is 0. The zero-order chi connectivity index (χ0) is 35.5. The van der Waals surface area contributed by atoms with E-state index in [-0.39, 0.29) is 0 Å². The van der Waals surface area contributed by atoms with Crippen molar-refractivity contribution in [1.29, 1.82) is 0 Å². The van der Waals surface area contributed by atoms with Gasteiger partial charge < -0.3 is 0 Å². The summed E-state index contributed by atoms with van der Waals surface area (Å²) in [4.78, 5) is 15.4. The van der Waals surface area contributed by atoms with Crippen LogP contribution < -0.4 is 10.4 Å². The lowest BCUT2D eigenvalue weighted by atomic mass is 9.97. The molecule has 2 heterocycles. The van der Waals surface area contributed by atoms with Crippen molar-refractivity contribution in [2.75, 3.05) is 0 Å². The van der Waals surface area contributed by atoms with Gasteiger partial charge in [-0.15, -0.1) is 0 Å². The Kier molecular flexibility index (Phi) is 7.27. The van der Waals surface area contributed by atoms with Gasteiger partial charge in [0.15, 0.2) is 17.5 Å². The molecule has 0 N–H and O–H groups in total. The Bertz CT molecular complexity index is 2840. The third kappa shape index (κ3) is 5.30. The van der Waals surface area contributed by atoms with Crippen molar-refractivity contribution < 1.29 is 0 Å². The van der Waals surface area contributed by atoms with Crippen LogP contribution in [0, 0.1) is 0 Å². The van der Waals surface area contributed by atoms with Crippen molar-refractivity contribution in [1.82, 2.24) is 15.0 Å². The molecule has 0 amide bonds. The van der Waals surface area contributed by atoms with Crippen LogP contribution >= 0.6 is 0 Å². The van der Waals surface area contributed by atoms with E-state index in [0.717, 1.165) is 27.8 Å². The first kappa shape index (κ1) is 31.3. The number of benzene rings is 8. The average molecular weight is 694 g/mol. The molecule has 0 bridgehead atoms. The molecule has 1 aromatic heterocycles. The molecule has 1 aliphatic rings. The van der Waals surface area contributed by atoms with Crippen LogP contribution in [0.25, 0.3) is 89.1 Å². The highest BCUT2D eigenvalue weighted by Gasteiger charge is 2.39. The molecule has 0 aliphatic carbocycles. The predicted molar refractivity (Wildman–Crippen MR) is 224 cm³/mol. The summed E-state index contributed by atoms with van der Waals surface area (Å²) in [6, 6.07) is 62.9. The molecule has 8 aromatic carbocycles. The van der Waals surface area contributed by atoms with Crippen LogP contribution in [0.3, 0.4) is 0 Å². The lowest BCUT2D eigenvalue weighted by Crippen LogP contribution is -2.49. The molecule has 0 saturated heterocycles. The summed E-state index contributed by atoms with van der Waals surface area (Å²) in [5, 5.41) is 8.12. The van der Waals surface area contributed by atoms with Gasteiger partial charge in [0.05, 0.1) is 0 Å². The van der Waals surface area contributed by atoms with E-state index in [9.17, 15) is 0 Å². The second kappa shape index (κ2) is 12.3. The smallest absolute Gasteiger partial charge is 0.164 e. The van der Waals surface area contributed by atoms with E-state index in [0.29, 0.717) is 17.5 Å². The summed E-state index contributed by atoms with van der Waals surface area (Å²) in [7, 11) is -1.93. The normalized spacial score (nSPS) is 12.9. The van der Waals surface area contributed by atoms with Crippen LogP contribution in [0.4, 0.5) is 0 Å². The fourth-order valence-electron chi connectivity index (χ4n) is 8.24. The lowest BCUT2D eigenvalue weighted by Gasteiger charge is -2.20. The molecule has 53 heavy (non-hydrogen) atoms. The van der Waals surface area contributed by atoms with Crippen molar-refractivity contribution in [3.05, 3.63) is 176 Å². The first-order chi connectivity index (χ1) is 26.0. The number of aromatic nitrogens is 3. The van der Waals surface area contributed by atoms with Crippen LogP contribution in [0.2, 0.25) is 13.1 Å². The van der Waals surface area contributed by atoms with Crippen LogP contribution in [-0.2, 0) is 0 Å². The number of hydrogen-bond donors (Lipinski definition) is 0. The number of nitrogens with zero attached hydrogens (tertiary/aromatic N) is 3. The Labute approximate surface area is 310 Å². The zero-order valence-electron chi connectivity index (χ0n) is 29.6. The lowest BCUT2D eigenvalue weighted by molar-refractivity contribution is 1.07. The van der Waals surface area contributed by atoms with Crippen LogP contribution in [0.5, 0.6) is 0 Å². The van der Waals surface area contributed by atoms with Crippen molar-refractivity contribution in [3.63, 3.8) is 0 Å². The van der Waals surface area contributed by atoms with E-state index in [2.05, 4.69) is 183 Å². The Hall–Kier alpha value is -6.49. The van der Waals surface area contributed by atoms with Crippen molar-refractivity contribution in [2.45, 2.75) is 13.1 Å². The van der Waals surface area contributed by atoms with E-state index in [1.165, 1.54) is 54.2 Å². The van der Waals surface area contributed by atoms with E-state index >= 15 is 0 Å². The first-order valence-electron chi connectivity index (χ1n) is 18.2. The SMILES string of the molecule is C[Si]1(C)c2ccc(-c3nc(-c4ccc(-c5ccccc5)cc4)nc(-c4ccc(-c5cccc6ccccc56)cc4)n3)cc2-c2ccc3ccccc3c21. The van der Waals surface area contributed by atoms with Crippen LogP contribution in [-0.4, -0.2) is 23.0 Å². The molecule has 10 rings (SSSR count). The highest BCUT2D eigenvalue weighted by atomic mass is 28.3. The van der Waals surface area contributed by atoms with Gasteiger partial charge in [0.25, 0.3) is 0 Å². The van der Waals surface area contributed by atoms with E-state index in [4.69, 9.17) is 15.0 Å². The molecular formula is C49H35N3Si. The fraction of sp³-hybridized carbons (Fsp3) is 0.0408. The van der Waals surface area contributed by atoms with Crippen LogP contribution in [0.15, 0.2) is 176 Å². The third-order valence-corrected chi connectivity index (χ3v) is 14.5. The fourth-order valence-corrected chi connectivity index (χ4v) is 11.7. The zero-order valence-corrected chi connectivity index (χ0v) is 30.6. The van der Waals surface area contributed by atoms with Gasteiger partial charge in [-0.2, -0.15) is 0 Å². The quantitative estimate of drug-likeness (QED) is 0.168. The van der Waals surface area contributed by atoms with Gasteiger partial charge in [-0.1, -0.05) is 183 Å². The molecule has 250 valence electrons. The van der Waals surface area contributed by atoms with Crippen molar-refractivity contribution in [3.8, 4) is 67.5 Å². The monoisotopic (exact) mass is 693 g/mol. The second-order valence-corrected chi connectivity index (χ2v) is 18.7. The predicted octanol–water partition coefficient (Wildman–Crippen LogP) is 11.3. The first-order valence-corrected chi connectivity index (χ1v) is 21.2.